The molecule has 0 unspecified atom stereocenters. The molecule has 0 aliphatic rings. The normalized spacial score (nSPS) is 13.0. The maximum atomic E-state index is 13.3. The predicted octanol–water partition coefficient (Wildman–Crippen LogP) is 3.19. The van der Waals surface area contributed by atoms with E-state index in [4.69, 9.17) is 5.26 Å². The van der Waals surface area contributed by atoms with Crippen molar-refractivity contribution in [1.29, 1.82) is 5.26 Å². The molecule has 0 aromatic heterocycles. The molecule has 6 heteroatoms. The minimum Gasteiger partial charge on any atom is -0.207 e. The Bertz CT molecular complexity index is 668. The van der Waals surface area contributed by atoms with E-state index in [0.717, 1.165) is 18.2 Å². The van der Waals surface area contributed by atoms with E-state index in [1.54, 1.807) is 19.9 Å². The Kier molecular flexibility index (Phi) is 4.81. The number of rotatable bonds is 4. The predicted molar refractivity (Wildman–Crippen MR) is 79.6 cm³/mol. The molecule has 0 aliphatic carbocycles. The van der Waals surface area contributed by atoms with Crippen molar-refractivity contribution in [2.45, 2.75) is 51.5 Å². The van der Waals surface area contributed by atoms with Crippen molar-refractivity contribution in [3.05, 3.63) is 29.6 Å². The molecule has 0 bridgehead atoms. The van der Waals surface area contributed by atoms with Gasteiger partial charge in [0, 0.05) is 5.54 Å². The van der Waals surface area contributed by atoms with Crippen LogP contribution in [0.2, 0.25) is 0 Å². The summed E-state index contributed by atoms with van der Waals surface area (Å²) < 4.78 is 40.6. The Morgan fingerprint density at radius 1 is 1.24 bits per heavy atom. The van der Waals surface area contributed by atoms with E-state index in [0.29, 0.717) is 6.42 Å². The zero-order valence-corrected chi connectivity index (χ0v) is 13.8. The minimum atomic E-state index is -3.81. The minimum absolute atomic E-state index is 0.0490. The SMILES string of the molecule is CC(C)(C)CC(C)(C)NS(=O)(=O)c1ccc(F)c(C#N)c1. The third-order valence-electron chi connectivity index (χ3n) is 2.75. The number of benzene rings is 1. The molecule has 21 heavy (non-hydrogen) atoms. The summed E-state index contributed by atoms with van der Waals surface area (Å²) in [6.07, 6.45) is 0.630. The van der Waals surface area contributed by atoms with E-state index < -0.39 is 21.4 Å². The number of nitrogens with zero attached hydrogens (tertiary/aromatic N) is 1. The van der Waals surface area contributed by atoms with Crippen LogP contribution in [0.4, 0.5) is 4.39 Å². The summed E-state index contributed by atoms with van der Waals surface area (Å²) in [6.45, 7) is 9.66. The van der Waals surface area contributed by atoms with Crippen LogP contribution < -0.4 is 4.72 Å². The molecule has 1 aromatic carbocycles. The first-order chi connectivity index (χ1) is 9.36. The quantitative estimate of drug-likeness (QED) is 0.928. The van der Waals surface area contributed by atoms with Gasteiger partial charge in [-0.3, -0.25) is 0 Å². The van der Waals surface area contributed by atoms with Crippen LogP contribution in [-0.4, -0.2) is 14.0 Å². The molecule has 0 saturated heterocycles. The number of hydrogen-bond donors (Lipinski definition) is 1. The van der Waals surface area contributed by atoms with E-state index in [9.17, 15) is 12.8 Å². The van der Waals surface area contributed by atoms with Gasteiger partial charge in [-0.1, -0.05) is 20.8 Å². The lowest BCUT2D eigenvalue weighted by molar-refractivity contribution is 0.269. The number of hydrogen-bond acceptors (Lipinski definition) is 3. The molecule has 0 heterocycles. The van der Waals surface area contributed by atoms with Crippen molar-refractivity contribution < 1.29 is 12.8 Å². The first-order valence-electron chi connectivity index (χ1n) is 6.60. The fourth-order valence-electron chi connectivity index (χ4n) is 2.54. The van der Waals surface area contributed by atoms with Crippen molar-refractivity contribution in [2.24, 2.45) is 5.41 Å². The Hall–Kier alpha value is -1.45. The average Bonchev–Trinajstić information content (AvgIpc) is 2.24. The van der Waals surface area contributed by atoms with Crippen LogP contribution >= 0.6 is 0 Å². The van der Waals surface area contributed by atoms with Crippen LogP contribution in [0.3, 0.4) is 0 Å². The monoisotopic (exact) mass is 312 g/mol. The van der Waals surface area contributed by atoms with Crippen molar-refractivity contribution >= 4 is 10.0 Å². The molecule has 0 saturated carbocycles. The lowest BCUT2D eigenvalue weighted by atomic mass is 9.82. The van der Waals surface area contributed by atoms with Crippen molar-refractivity contribution in [2.75, 3.05) is 0 Å². The van der Waals surface area contributed by atoms with Gasteiger partial charge in [0.05, 0.1) is 10.5 Å². The Morgan fingerprint density at radius 3 is 2.29 bits per heavy atom. The molecule has 1 rings (SSSR count). The smallest absolute Gasteiger partial charge is 0.207 e. The van der Waals surface area contributed by atoms with Crippen LogP contribution in [0.15, 0.2) is 23.1 Å². The number of nitrogens with one attached hydrogen (secondary N) is 1. The third kappa shape index (κ3) is 5.10. The van der Waals surface area contributed by atoms with Gasteiger partial charge in [-0.15, -0.1) is 0 Å². The van der Waals surface area contributed by atoms with Crippen LogP contribution in [0, 0.1) is 22.6 Å². The third-order valence-corrected chi connectivity index (χ3v) is 4.45. The largest absolute Gasteiger partial charge is 0.241 e. The molecule has 1 aromatic rings. The molecular formula is C15H21FN2O2S. The number of nitriles is 1. The maximum absolute atomic E-state index is 13.3. The van der Waals surface area contributed by atoms with Gasteiger partial charge < -0.3 is 0 Å². The van der Waals surface area contributed by atoms with E-state index in [1.165, 1.54) is 0 Å². The maximum Gasteiger partial charge on any atom is 0.241 e. The number of halogens is 1. The highest BCUT2D eigenvalue weighted by Gasteiger charge is 2.30. The van der Waals surface area contributed by atoms with E-state index in [-0.39, 0.29) is 15.9 Å². The van der Waals surface area contributed by atoms with Gasteiger partial charge in [-0.25, -0.2) is 17.5 Å². The van der Waals surface area contributed by atoms with Crippen molar-refractivity contribution in [3.8, 4) is 6.07 Å². The molecule has 0 amide bonds. The lowest BCUT2D eigenvalue weighted by Gasteiger charge is -2.33. The van der Waals surface area contributed by atoms with Gasteiger partial charge in [0.2, 0.25) is 10.0 Å². The summed E-state index contributed by atoms with van der Waals surface area (Å²) in [7, 11) is -3.81. The molecule has 0 fully saturated rings. The second-order valence-corrected chi connectivity index (χ2v) is 8.66. The van der Waals surface area contributed by atoms with E-state index in [1.807, 2.05) is 20.8 Å². The van der Waals surface area contributed by atoms with Gasteiger partial charge in [-0.05, 0) is 43.9 Å². The Labute approximate surface area is 126 Å². The zero-order valence-electron chi connectivity index (χ0n) is 13.0. The molecular weight excluding hydrogens is 291 g/mol. The zero-order chi connectivity index (χ0) is 16.5. The van der Waals surface area contributed by atoms with Crippen LogP contribution in [0.1, 0.15) is 46.6 Å². The fraction of sp³-hybridized carbons (Fsp3) is 0.533. The molecule has 0 atom stereocenters. The highest BCUT2D eigenvalue weighted by Crippen LogP contribution is 2.28. The summed E-state index contributed by atoms with van der Waals surface area (Å²) in [5.74, 6) is -0.731. The van der Waals surface area contributed by atoms with Crippen LogP contribution in [0.25, 0.3) is 0 Å². The number of sulfonamides is 1. The van der Waals surface area contributed by atoms with Crippen molar-refractivity contribution in [3.63, 3.8) is 0 Å². The van der Waals surface area contributed by atoms with Gasteiger partial charge in [-0.2, -0.15) is 5.26 Å². The Balaban J connectivity index is 3.10. The second kappa shape index (κ2) is 5.74. The summed E-state index contributed by atoms with van der Waals surface area (Å²) in [5, 5.41) is 8.79. The molecule has 0 aliphatic heterocycles. The van der Waals surface area contributed by atoms with Crippen LogP contribution in [-0.2, 0) is 10.0 Å². The van der Waals surface area contributed by atoms with Crippen LogP contribution in [0.5, 0.6) is 0 Å². The lowest BCUT2D eigenvalue weighted by Crippen LogP contribution is -2.45. The van der Waals surface area contributed by atoms with Crippen molar-refractivity contribution in [1.82, 2.24) is 4.72 Å². The second-order valence-electron chi connectivity index (χ2n) is 6.98. The molecule has 0 radical (unpaired) electrons. The first-order valence-corrected chi connectivity index (χ1v) is 8.08. The Morgan fingerprint density at radius 2 is 1.81 bits per heavy atom. The summed E-state index contributed by atoms with van der Waals surface area (Å²) in [5.41, 5.74) is -0.989. The topological polar surface area (TPSA) is 70.0 Å². The highest BCUT2D eigenvalue weighted by molar-refractivity contribution is 7.89. The first kappa shape index (κ1) is 17.6. The average molecular weight is 312 g/mol. The van der Waals surface area contributed by atoms with Gasteiger partial charge in [0.25, 0.3) is 0 Å². The van der Waals surface area contributed by atoms with E-state index >= 15 is 0 Å². The molecule has 4 nitrogen and oxygen atoms in total. The highest BCUT2D eigenvalue weighted by atomic mass is 32.2. The molecule has 0 spiro atoms. The fourth-order valence-corrected chi connectivity index (χ4v) is 3.98. The van der Waals surface area contributed by atoms with Gasteiger partial charge >= 0.3 is 0 Å². The summed E-state index contributed by atoms with van der Waals surface area (Å²) in [6, 6.07) is 4.84. The molecule has 1 N–H and O–H groups in total. The van der Waals surface area contributed by atoms with Gasteiger partial charge in [0.15, 0.2) is 0 Å². The van der Waals surface area contributed by atoms with E-state index in [2.05, 4.69) is 4.72 Å². The molecule has 116 valence electrons. The summed E-state index contributed by atoms with van der Waals surface area (Å²) >= 11 is 0. The standard InChI is InChI=1S/C15H21FN2O2S/c1-14(2,3)10-15(4,5)18-21(19,20)12-6-7-13(16)11(8-12)9-17/h6-8,18H,10H2,1-5H3. The van der Waals surface area contributed by atoms with Gasteiger partial charge in [0.1, 0.15) is 11.9 Å². The summed E-state index contributed by atoms with van der Waals surface area (Å²) in [4.78, 5) is -0.109.